The Bertz CT molecular complexity index is 1390. The fourth-order valence-electron chi connectivity index (χ4n) is 3.57. The van der Waals surface area contributed by atoms with Gasteiger partial charge in [0, 0.05) is 24.5 Å². The predicted octanol–water partition coefficient (Wildman–Crippen LogP) is 6.32. The second-order valence-corrected chi connectivity index (χ2v) is 7.36. The molecule has 0 spiro atoms. The van der Waals surface area contributed by atoms with Crippen LogP contribution in [0.25, 0.3) is 33.9 Å². The molecule has 2 aliphatic heterocycles. The Labute approximate surface area is 181 Å². The van der Waals surface area contributed by atoms with E-state index in [1.54, 1.807) is 24.4 Å². The summed E-state index contributed by atoms with van der Waals surface area (Å²) < 4.78 is 56.9. The number of rotatable bonds is 4. The molecule has 3 aromatic rings. The highest BCUT2D eigenvalue weighted by Crippen LogP contribution is 2.28. The van der Waals surface area contributed by atoms with Crippen molar-refractivity contribution in [2.75, 3.05) is 0 Å². The zero-order valence-electron chi connectivity index (χ0n) is 16.6. The smallest absolute Gasteiger partial charge is 0.169 e. The molecule has 3 nitrogen and oxygen atoms in total. The number of imidazole rings is 1. The summed E-state index contributed by atoms with van der Waals surface area (Å²) in [5.41, 5.74) is 2.84. The van der Waals surface area contributed by atoms with Gasteiger partial charge in [-0.25, -0.2) is 27.5 Å². The molecule has 2 heterocycles. The van der Waals surface area contributed by atoms with Gasteiger partial charge in [0.05, 0.1) is 11.3 Å². The molecule has 0 unspecified atom stereocenters. The minimum atomic E-state index is -0.981. The summed E-state index contributed by atoms with van der Waals surface area (Å²) in [5, 5.41) is 0. The maximum atomic E-state index is 14.1. The van der Waals surface area contributed by atoms with E-state index < -0.39 is 23.3 Å². The monoisotopic (exact) mass is 433 g/mol. The number of pyridine rings is 1. The molecule has 0 aromatic heterocycles. The van der Waals surface area contributed by atoms with Crippen LogP contribution in [0.15, 0.2) is 79.1 Å². The third-order valence-electron chi connectivity index (χ3n) is 5.18. The summed E-state index contributed by atoms with van der Waals surface area (Å²) in [6.07, 6.45) is 3.58. The Morgan fingerprint density at radius 1 is 0.719 bits per heavy atom. The molecule has 0 saturated heterocycles. The molecular formula is C25H15F4N3. The number of nitrogens with zero attached hydrogens (tertiary/aromatic N) is 3. The maximum Gasteiger partial charge on any atom is 0.169 e. The first-order chi connectivity index (χ1) is 15.5. The molecule has 2 aliphatic rings. The van der Waals surface area contributed by atoms with Crippen LogP contribution in [0.1, 0.15) is 5.56 Å². The number of fused-ring (bicyclic) bond motifs is 1. The topological polar surface area (TPSA) is 30.7 Å². The third kappa shape index (κ3) is 3.73. The normalized spacial score (nSPS) is 11.2. The van der Waals surface area contributed by atoms with Gasteiger partial charge in [0.2, 0.25) is 0 Å². The summed E-state index contributed by atoms with van der Waals surface area (Å²) in [6, 6.07) is 16.1. The predicted molar refractivity (Wildman–Crippen MR) is 113 cm³/mol. The van der Waals surface area contributed by atoms with Crippen molar-refractivity contribution < 1.29 is 17.6 Å². The van der Waals surface area contributed by atoms with Crippen molar-refractivity contribution in [1.82, 2.24) is 14.5 Å². The average molecular weight is 433 g/mol. The second kappa shape index (κ2) is 7.92. The third-order valence-corrected chi connectivity index (χ3v) is 5.18. The standard InChI is InChI=1S/C25H15F4N3/c26-17-8-9-20(27)19(12-17)16-6-4-15(5-7-16)13-32-11-10-22-23(14-32)31-25(30-22)18-2-1-3-21(28)24(18)29/h1-12,14H,13H2. The largest absolute Gasteiger partial charge is 0.348 e. The number of aromatic nitrogens is 3. The summed E-state index contributed by atoms with van der Waals surface area (Å²) in [4.78, 5) is 8.64. The van der Waals surface area contributed by atoms with E-state index >= 15 is 0 Å². The summed E-state index contributed by atoms with van der Waals surface area (Å²) in [5.74, 6) is -2.79. The molecule has 0 aliphatic carbocycles. The van der Waals surface area contributed by atoms with Crippen molar-refractivity contribution in [3.63, 3.8) is 0 Å². The van der Waals surface area contributed by atoms with Gasteiger partial charge in [0.1, 0.15) is 17.3 Å². The molecular weight excluding hydrogens is 418 g/mol. The van der Waals surface area contributed by atoms with E-state index in [1.807, 2.05) is 22.9 Å². The number of hydrogen-bond donors (Lipinski definition) is 0. The van der Waals surface area contributed by atoms with E-state index in [1.165, 1.54) is 18.2 Å². The van der Waals surface area contributed by atoms with Crippen molar-refractivity contribution in [1.29, 1.82) is 0 Å². The first-order valence-electron chi connectivity index (χ1n) is 9.80. The Morgan fingerprint density at radius 3 is 2.31 bits per heavy atom. The van der Waals surface area contributed by atoms with E-state index in [0.29, 0.717) is 23.5 Å². The van der Waals surface area contributed by atoms with Gasteiger partial charge in [-0.1, -0.05) is 30.3 Å². The molecule has 0 amide bonds. The van der Waals surface area contributed by atoms with Crippen molar-refractivity contribution in [3.8, 4) is 33.9 Å². The molecule has 0 bridgehead atoms. The van der Waals surface area contributed by atoms with E-state index in [9.17, 15) is 17.6 Å². The highest BCUT2D eigenvalue weighted by atomic mass is 19.2. The van der Waals surface area contributed by atoms with Crippen LogP contribution >= 0.6 is 0 Å². The summed E-state index contributed by atoms with van der Waals surface area (Å²) in [6.45, 7) is 0.498. The number of halogens is 4. The lowest BCUT2D eigenvalue weighted by Crippen LogP contribution is -2.01. The molecule has 0 saturated carbocycles. The fraction of sp³-hybridized carbons (Fsp3) is 0.0400. The molecule has 7 heteroatoms. The van der Waals surface area contributed by atoms with Crippen LogP contribution in [0, 0.1) is 23.3 Å². The van der Waals surface area contributed by atoms with Crippen molar-refractivity contribution in [2.45, 2.75) is 6.54 Å². The van der Waals surface area contributed by atoms with E-state index in [-0.39, 0.29) is 17.0 Å². The lowest BCUT2D eigenvalue weighted by molar-refractivity contribution is 0.510. The van der Waals surface area contributed by atoms with E-state index in [2.05, 4.69) is 9.97 Å². The Morgan fingerprint density at radius 2 is 1.50 bits per heavy atom. The summed E-state index contributed by atoms with van der Waals surface area (Å²) >= 11 is 0. The minimum absolute atomic E-state index is 0.00733. The molecule has 5 rings (SSSR count). The summed E-state index contributed by atoms with van der Waals surface area (Å²) in [7, 11) is 0. The SMILES string of the molecule is Fc1ccc(F)c(-c2ccc(Cn3ccc4nc(-c5cccc(F)c5F)nc-4c3)cc2)c1. The van der Waals surface area contributed by atoms with Crippen LogP contribution in [-0.4, -0.2) is 14.5 Å². The van der Waals surface area contributed by atoms with Gasteiger partial charge in [0.15, 0.2) is 17.5 Å². The lowest BCUT2D eigenvalue weighted by atomic mass is 10.0. The van der Waals surface area contributed by atoms with Gasteiger partial charge in [0.25, 0.3) is 0 Å². The van der Waals surface area contributed by atoms with Crippen molar-refractivity contribution >= 4 is 0 Å². The molecule has 0 radical (unpaired) electrons. The molecule has 0 N–H and O–H groups in total. The minimum Gasteiger partial charge on any atom is -0.348 e. The van der Waals surface area contributed by atoms with Crippen LogP contribution in [0.2, 0.25) is 0 Å². The van der Waals surface area contributed by atoms with Crippen LogP contribution in [-0.2, 0) is 6.54 Å². The van der Waals surface area contributed by atoms with Crippen LogP contribution in [0.5, 0.6) is 0 Å². The van der Waals surface area contributed by atoms with Crippen LogP contribution < -0.4 is 0 Å². The lowest BCUT2D eigenvalue weighted by Gasteiger charge is -2.09. The van der Waals surface area contributed by atoms with Crippen molar-refractivity contribution in [3.05, 3.63) is 108 Å². The molecule has 32 heavy (non-hydrogen) atoms. The first-order valence-corrected chi connectivity index (χ1v) is 9.80. The second-order valence-electron chi connectivity index (χ2n) is 7.36. The Balaban J connectivity index is 1.40. The molecule has 158 valence electrons. The van der Waals surface area contributed by atoms with Crippen LogP contribution in [0.4, 0.5) is 17.6 Å². The number of benzene rings is 3. The maximum absolute atomic E-state index is 14.1. The van der Waals surface area contributed by atoms with Gasteiger partial charge in [-0.3, -0.25) is 0 Å². The van der Waals surface area contributed by atoms with E-state index in [0.717, 1.165) is 23.8 Å². The van der Waals surface area contributed by atoms with Gasteiger partial charge < -0.3 is 4.57 Å². The van der Waals surface area contributed by atoms with Crippen molar-refractivity contribution in [2.24, 2.45) is 0 Å². The average Bonchev–Trinajstić information content (AvgIpc) is 3.21. The Kier molecular flexibility index (Phi) is 4.93. The van der Waals surface area contributed by atoms with Gasteiger partial charge in [-0.05, 0) is 47.5 Å². The Hall–Kier alpha value is -4.00. The zero-order valence-corrected chi connectivity index (χ0v) is 16.6. The highest BCUT2D eigenvalue weighted by Gasteiger charge is 2.17. The fourth-order valence-corrected chi connectivity index (χ4v) is 3.57. The first kappa shape index (κ1) is 19.9. The molecule has 0 atom stereocenters. The molecule has 0 fully saturated rings. The highest BCUT2D eigenvalue weighted by molar-refractivity contribution is 5.66. The zero-order chi connectivity index (χ0) is 22.2. The van der Waals surface area contributed by atoms with Crippen LogP contribution in [0.3, 0.4) is 0 Å². The van der Waals surface area contributed by atoms with Gasteiger partial charge in [-0.2, -0.15) is 0 Å². The van der Waals surface area contributed by atoms with Gasteiger partial charge >= 0.3 is 0 Å². The van der Waals surface area contributed by atoms with E-state index in [4.69, 9.17) is 0 Å². The van der Waals surface area contributed by atoms with Gasteiger partial charge in [-0.15, -0.1) is 0 Å². The molecule has 3 aromatic carbocycles. The number of hydrogen-bond acceptors (Lipinski definition) is 2. The quantitative estimate of drug-likeness (QED) is 0.311.